The highest BCUT2D eigenvalue weighted by molar-refractivity contribution is 5.75. The van der Waals surface area contributed by atoms with E-state index in [2.05, 4.69) is 33.1 Å². The number of fused-ring (bicyclic) bond motifs is 1. The van der Waals surface area contributed by atoms with E-state index in [1.165, 1.54) is 11.1 Å². The maximum Gasteiger partial charge on any atom is 0.309 e. The Morgan fingerprint density at radius 2 is 2.09 bits per heavy atom. The Kier molecular flexibility index (Phi) is 4.70. The molecule has 0 aromatic carbocycles. The van der Waals surface area contributed by atoms with Gasteiger partial charge < -0.3 is 5.11 Å². The summed E-state index contributed by atoms with van der Waals surface area (Å²) in [7, 11) is 0. The van der Waals surface area contributed by atoms with Crippen LogP contribution in [0.25, 0.3) is 0 Å². The first-order valence-electron chi connectivity index (χ1n) is 8.46. The van der Waals surface area contributed by atoms with Gasteiger partial charge >= 0.3 is 5.97 Å². The van der Waals surface area contributed by atoms with Gasteiger partial charge in [-0.15, -0.1) is 0 Å². The van der Waals surface area contributed by atoms with Crippen LogP contribution < -0.4 is 0 Å². The van der Waals surface area contributed by atoms with Crippen molar-refractivity contribution in [3.8, 4) is 0 Å². The Morgan fingerprint density at radius 1 is 1.41 bits per heavy atom. The first-order chi connectivity index (χ1) is 10.3. The van der Waals surface area contributed by atoms with Crippen molar-refractivity contribution in [3.63, 3.8) is 0 Å². The van der Waals surface area contributed by atoms with Crippen molar-refractivity contribution in [2.24, 2.45) is 22.7 Å². The minimum absolute atomic E-state index is 0.0542. The maximum absolute atomic E-state index is 11.9. The molecule has 0 unspecified atom stereocenters. The Hall–Kier alpha value is -1.31. The molecule has 2 nitrogen and oxygen atoms in total. The van der Waals surface area contributed by atoms with E-state index in [-0.39, 0.29) is 11.3 Å². The van der Waals surface area contributed by atoms with Crippen molar-refractivity contribution in [2.45, 2.75) is 59.3 Å². The zero-order valence-corrected chi connectivity index (χ0v) is 14.3. The van der Waals surface area contributed by atoms with Gasteiger partial charge in [-0.3, -0.25) is 4.79 Å². The Labute approximate surface area is 135 Å². The quantitative estimate of drug-likeness (QED) is 0.559. The summed E-state index contributed by atoms with van der Waals surface area (Å²) in [5, 5.41) is 9.81. The monoisotopic (exact) mass is 302 g/mol. The minimum Gasteiger partial charge on any atom is -0.481 e. The third-order valence-electron chi connectivity index (χ3n) is 6.51. The summed E-state index contributed by atoms with van der Waals surface area (Å²) >= 11 is 0. The van der Waals surface area contributed by atoms with E-state index < -0.39 is 11.4 Å². The number of rotatable bonds is 4. The van der Waals surface area contributed by atoms with Crippen LogP contribution in [0.15, 0.2) is 36.5 Å². The highest BCUT2D eigenvalue weighted by atomic mass is 16.4. The van der Waals surface area contributed by atoms with Gasteiger partial charge in [0.25, 0.3) is 0 Å². The second-order valence-corrected chi connectivity index (χ2v) is 7.77. The lowest BCUT2D eigenvalue weighted by Gasteiger charge is -2.57. The van der Waals surface area contributed by atoms with Gasteiger partial charge in [0.15, 0.2) is 0 Å². The second kappa shape index (κ2) is 6.06. The van der Waals surface area contributed by atoms with Gasteiger partial charge in [0, 0.05) is 0 Å². The molecule has 0 bridgehead atoms. The summed E-state index contributed by atoms with van der Waals surface area (Å²) in [6, 6.07) is 0. The van der Waals surface area contributed by atoms with Gasteiger partial charge in [0.1, 0.15) is 0 Å². The number of hydrogen-bond donors (Lipinski definition) is 1. The summed E-state index contributed by atoms with van der Waals surface area (Å²) in [5.41, 5.74) is 1.97. The van der Waals surface area contributed by atoms with Crippen LogP contribution in [0.3, 0.4) is 0 Å². The van der Waals surface area contributed by atoms with E-state index in [0.29, 0.717) is 5.92 Å². The normalized spacial score (nSPS) is 39.2. The highest BCUT2D eigenvalue weighted by Gasteiger charge is 2.57. The van der Waals surface area contributed by atoms with Crippen molar-refractivity contribution < 1.29 is 9.90 Å². The molecule has 4 atom stereocenters. The molecule has 2 aliphatic rings. The zero-order valence-electron chi connectivity index (χ0n) is 14.3. The summed E-state index contributed by atoms with van der Waals surface area (Å²) < 4.78 is 0. The van der Waals surface area contributed by atoms with Gasteiger partial charge in [-0.2, -0.15) is 0 Å². The Balaban J connectivity index is 2.36. The molecule has 0 aromatic heterocycles. The number of aliphatic carboxylic acids is 1. The fraction of sp³-hybridized carbons (Fsp3) is 0.650. The first kappa shape index (κ1) is 17.1. The third-order valence-corrected chi connectivity index (χ3v) is 6.51. The SMILES string of the molecule is C=C/C(C)=C/C[C@H]1C(=C)CC[C@H]2[C@]1(C)CCC[C@@]2(C)C(=O)O. The number of hydrogen-bond acceptors (Lipinski definition) is 1. The molecular formula is C20H30O2. The van der Waals surface area contributed by atoms with Gasteiger partial charge in [-0.05, 0) is 63.2 Å². The average Bonchev–Trinajstić information content (AvgIpc) is 2.45. The molecule has 2 saturated carbocycles. The predicted molar refractivity (Wildman–Crippen MR) is 91.6 cm³/mol. The Morgan fingerprint density at radius 3 is 2.68 bits per heavy atom. The highest BCUT2D eigenvalue weighted by Crippen LogP contribution is 2.61. The number of carboxylic acids is 1. The van der Waals surface area contributed by atoms with Gasteiger partial charge in [0.2, 0.25) is 0 Å². The molecule has 0 spiro atoms. The van der Waals surface area contributed by atoms with Crippen molar-refractivity contribution in [1.82, 2.24) is 0 Å². The van der Waals surface area contributed by atoms with Crippen LogP contribution in [-0.2, 0) is 4.79 Å². The molecule has 0 amide bonds. The average molecular weight is 302 g/mol. The molecule has 0 aliphatic heterocycles. The Bertz CT molecular complexity index is 516. The number of allylic oxidation sites excluding steroid dienone is 4. The zero-order chi connectivity index (χ0) is 16.5. The molecule has 2 aliphatic carbocycles. The largest absolute Gasteiger partial charge is 0.481 e. The molecule has 2 fully saturated rings. The van der Waals surface area contributed by atoms with E-state index in [9.17, 15) is 9.90 Å². The van der Waals surface area contributed by atoms with Crippen LogP contribution in [0.2, 0.25) is 0 Å². The van der Waals surface area contributed by atoms with Crippen LogP contribution in [0, 0.1) is 22.7 Å². The lowest BCUT2D eigenvalue weighted by atomic mass is 9.46. The minimum atomic E-state index is -0.618. The fourth-order valence-electron chi connectivity index (χ4n) is 5.03. The molecule has 0 heterocycles. The summed E-state index contributed by atoms with van der Waals surface area (Å²) in [6.45, 7) is 14.5. The van der Waals surface area contributed by atoms with Crippen molar-refractivity contribution in [3.05, 3.63) is 36.5 Å². The third kappa shape index (κ3) is 2.68. The van der Waals surface area contributed by atoms with Crippen molar-refractivity contribution >= 4 is 5.97 Å². The molecule has 0 radical (unpaired) electrons. The van der Waals surface area contributed by atoms with Gasteiger partial charge in [-0.25, -0.2) is 0 Å². The van der Waals surface area contributed by atoms with E-state index >= 15 is 0 Å². The summed E-state index contributed by atoms with van der Waals surface area (Å²) in [4.78, 5) is 11.9. The topological polar surface area (TPSA) is 37.3 Å². The summed E-state index contributed by atoms with van der Waals surface area (Å²) in [6.07, 6.45) is 9.95. The van der Waals surface area contributed by atoms with E-state index in [1.807, 2.05) is 13.0 Å². The van der Waals surface area contributed by atoms with Gasteiger partial charge in [-0.1, -0.05) is 49.8 Å². The van der Waals surface area contributed by atoms with Crippen molar-refractivity contribution in [1.29, 1.82) is 0 Å². The molecule has 2 heteroatoms. The predicted octanol–water partition coefficient (Wildman–Crippen LogP) is 5.37. The molecule has 22 heavy (non-hydrogen) atoms. The van der Waals surface area contributed by atoms with Crippen LogP contribution in [-0.4, -0.2) is 11.1 Å². The van der Waals surface area contributed by atoms with E-state index in [0.717, 1.165) is 38.5 Å². The molecule has 0 aromatic rings. The van der Waals surface area contributed by atoms with Gasteiger partial charge in [0.05, 0.1) is 5.41 Å². The van der Waals surface area contributed by atoms with Crippen molar-refractivity contribution in [2.75, 3.05) is 0 Å². The number of carboxylic acid groups (broad SMARTS) is 1. The van der Waals surface area contributed by atoms with Crippen LogP contribution in [0.1, 0.15) is 59.3 Å². The second-order valence-electron chi connectivity index (χ2n) is 7.77. The smallest absolute Gasteiger partial charge is 0.309 e. The van der Waals surface area contributed by atoms with Crippen LogP contribution >= 0.6 is 0 Å². The van der Waals surface area contributed by atoms with Crippen LogP contribution in [0.4, 0.5) is 0 Å². The van der Waals surface area contributed by atoms with E-state index in [1.54, 1.807) is 0 Å². The van der Waals surface area contributed by atoms with Crippen LogP contribution in [0.5, 0.6) is 0 Å². The molecule has 0 saturated heterocycles. The number of carbonyl (C=O) groups is 1. The standard InChI is InChI=1S/C20H30O2/c1-6-14(2)8-10-16-15(3)9-11-17-19(16,4)12-7-13-20(17,5)18(21)22/h6,8,16-17H,1,3,7,9-13H2,2,4-5H3,(H,21,22)/b14-8+/t16-,17-,19+,20+/m0/s1. The molecule has 1 N–H and O–H groups in total. The maximum atomic E-state index is 11.9. The fourth-order valence-corrected chi connectivity index (χ4v) is 5.03. The first-order valence-corrected chi connectivity index (χ1v) is 8.46. The molecule has 2 rings (SSSR count). The lowest BCUT2D eigenvalue weighted by molar-refractivity contribution is -0.164. The lowest BCUT2D eigenvalue weighted by Crippen LogP contribution is -2.53. The van der Waals surface area contributed by atoms with E-state index in [4.69, 9.17) is 0 Å². The molecule has 122 valence electrons. The summed E-state index contributed by atoms with van der Waals surface area (Å²) in [5.74, 6) is 0.0202. The molecular weight excluding hydrogens is 272 g/mol.